The molecule has 1 aromatic heterocycles. The van der Waals surface area contributed by atoms with Crippen LogP contribution in [0.1, 0.15) is 10.4 Å². The number of nitrogens with two attached hydrogens (primary N) is 1. The summed E-state index contributed by atoms with van der Waals surface area (Å²) in [5, 5.41) is 20.5. The molecule has 0 aliphatic heterocycles. The van der Waals surface area contributed by atoms with Crippen molar-refractivity contribution in [2.24, 2.45) is 5.73 Å². The molecule has 29 heavy (non-hydrogen) atoms. The molecule has 0 saturated heterocycles. The van der Waals surface area contributed by atoms with Crippen molar-refractivity contribution >= 4 is 5.91 Å². The van der Waals surface area contributed by atoms with E-state index in [1.807, 2.05) is 0 Å². The third-order valence-electron chi connectivity index (χ3n) is 4.35. The van der Waals surface area contributed by atoms with E-state index in [0.29, 0.717) is 28.1 Å². The molecule has 0 bridgehead atoms. The van der Waals surface area contributed by atoms with E-state index in [2.05, 4.69) is 15.0 Å². The second kappa shape index (κ2) is 7.40. The minimum Gasteiger partial charge on any atom is -0.507 e. The van der Waals surface area contributed by atoms with Crippen LogP contribution in [0.3, 0.4) is 0 Å². The molecule has 0 aliphatic carbocycles. The molecule has 0 spiro atoms. The molecule has 4 aromatic rings. The summed E-state index contributed by atoms with van der Waals surface area (Å²) in [5.74, 6) is 0.356. The number of hydrogen-bond donors (Lipinski definition) is 3. The summed E-state index contributed by atoms with van der Waals surface area (Å²) in [5.41, 5.74) is 7.16. The number of aromatic hydroxyl groups is 2. The lowest BCUT2D eigenvalue weighted by Crippen LogP contribution is -2.10. The molecular formula is C22H16N4O3. The molecule has 4 rings (SSSR count). The Labute approximate surface area is 166 Å². The van der Waals surface area contributed by atoms with Gasteiger partial charge in [0.05, 0.1) is 11.1 Å². The number of primary amides is 1. The number of para-hydroxylation sites is 2. The van der Waals surface area contributed by atoms with Crippen LogP contribution in [-0.2, 0) is 0 Å². The summed E-state index contributed by atoms with van der Waals surface area (Å²) in [6, 6.07) is 19.9. The van der Waals surface area contributed by atoms with Gasteiger partial charge in [-0.15, -0.1) is 0 Å². The molecule has 0 saturated carbocycles. The van der Waals surface area contributed by atoms with Crippen LogP contribution in [0.15, 0.2) is 72.8 Å². The molecule has 0 unspecified atom stereocenters. The van der Waals surface area contributed by atoms with Gasteiger partial charge in [-0.25, -0.2) is 15.0 Å². The standard InChI is InChI=1S/C22H16N4O3/c23-19(29)13-9-11-14(12-10-13)20-24-21(15-5-1-3-7-17(15)27)26-22(25-20)16-6-2-4-8-18(16)28/h1-12,27-28H,(H2,23,29). The summed E-state index contributed by atoms with van der Waals surface area (Å²) in [6.07, 6.45) is 0. The lowest BCUT2D eigenvalue weighted by Gasteiger charge is -2.10. The number of hydrogen-bond acceptors (Lipinski definition) is 6. The zero-order chi connectivity index (χ0) is 20.4. The first kappa shape index (κ1) is 18.1. The first-order valence-electron chi connectivity index (χ1n) is 8.76. The first-order valence-corrected chi connectivity index (χ1v) is 8.76. The summed E-state index contributed by atoms with van der Waals surface area (Å²) in [7, 11) is 0. The van der Waals surface area contributed by atoms with Gasteiger partial charge in [0.25, 0.3) is 0 Å². The molecule has 0 atom stereocenters. The SMILES string of the molecule is NC(=O)c1ccc(-c2nc(-c3ccccc3O)nc(-c3ccccc3O)n2)cc1. The van der Waals surface area contributed by atoms with Gasteiger partial charge in [-0.1, -0.05) is 36.4 Å². The van der Waals surface area contributed by atoms with Gasteiger partial charge in [-0.3, -0.25) is 4.79 Å². The largest absolute Gasteiger partial charge is 0.507 e. The van der Waals surface area contributed by atoms with E-state index in [0.717, 1.165) is 0 Å². The highest BCUT2D eigenvalue weighted by molar-refractivity contribution is 5.93. The molecule has 0 fully saturated rings. The Morgan fingerprint density at radius 3 is 1.55 bits per heavy atom. The number of phenolic OH excluding ortho intramolecular Hbond substituents is 2. The Hall–Kier alpha value is -4.26. The zero-order valence-electron chi connectivity index (χ0n) is 15.1. The van der Waals surface area contributed by atoms with Crippen LogP contribution >= 0.6 is 0 Å². The van der Waals surface area contributed by atoms with Crippen LogP contribution in [0.2, 0.25) is 0 Å². The summed E-state index contributed by atoms with van der Waals surface area (Å²) in [4.78, 5) is 24.7. The molecule has 7 nitrogen and oxygen atoms in total. The fraction of sp³-hybridized carbons (Fsp3) is 0. The number of amides is 1. The topological polar surface area (TPSA) is 122 Å². The van der Waals surface area contributed by atoms with E-state index in [-0.39, 0.29) is 23.1 Å². The van der Waals surface area contributed by atoms with E-state index < -0.39 is 5.91 Å². The average Bonchev–Trinajstić information content (AvgIpc) is 2.74. The highest BCUT2D eigenvalue weighted by Gasteiger charge is 2.16. The second-order valence-electron chi connectivity index (χ2n) is 6.28. The smallest absolute Gasteiger partial charge is 0.248 e. The first-order chi connectivity index (χ1) is 14.0. The highest BCUT2D eigenvalue weighted by atomic mass is 16.3. The van der Waals surface area contributed by atoms with Crippen molar-refractivity contribution in [3.8, 4) is 45.7 Å². The fourth-order valence-electron chi connectivity index (χ4n) is 2.85. The predicted molar refractivity (Wildman–Crippen MR) is 108 cm³/mol. The average molecular weight is 384 g/mol. The van der Waals surface area contributed by atoms with Crippen molar-refractivity contribution in [3.05, 3.63) is 78.4 Å². The van der Waals surface area contributed by atoms with Crippen LogP contribution < -0.4 is 5.73 Å². The molecule has 1 heterocycles. The minimum atomic E-state index is -0.531. The van der Waals surface area contributed by atoms with E-state index in [9.17, 15) is 15.0 Å². The summed E-state index contributed by atoms with van der Waals surface area (Å²) in [6.45, 7) is 0. The van der Waals surface area contributed by atoms with Crippen molar-refractivity contribution in [2.45, 2.75) is 0 Å². The molecule has 0 aliphatic rings. The van der Waals surface area contributed by atoms with Gasteiger partial charge in [0, 0.05) is 11.1 Å². The van der Waals surface area contributed by atoms with Crippen LogP contribution in [0.4, 0.5) is 0 Å². The van der Waals surface area contributed by atoms with Gasteiger partial charge in [-0.05, 0) is 36.4 Å². The van der Waals surface area contributed by atoms with E-state index >= 15 is 0 Å². The maximum Gasteiger partial charge on any atom is 0.248 e. The Bertz CT molecular complexity index is 1140. The summed E-state index contributed by atoms with van der Waals surface area (Å²) >= 11 is 0. The molecule has 3 aromatic carbocycles. The van der Waals surface area contributed by atoms with Crippen molar-refractivity contribution in [1.82, 2.24) is 15.0 Å². The normalized spacial score (nSPS) is 10.6. The maximum absolute atomic E-state index is 11.3. The number of carbonyl (C=O) groups is 1. The molecule has 0 radical (unpaired) electrons. The molecule has 4 N–H and O–H groups in total. The van der Waals surface area contributed by atoms with Crippen molar-refractivity contribution in [1.29, 1.82) is 0 Å². The van der Waals surface area contributed by atoms with Gasteiger partial charge in [0.1, 0.15) is 11.5 Å². The molecular weight excluding hydrogens is 368 g/mol. The predicted octanol–water partition coefficient (Wildman–Crippen LogP) is 3.38. The van der Waals surface area contributed by atoms with Crippen molar-refractivity contribution < 1.29 is 15.0 Å². The second-order valence-corrected chi connectivity index (χ2v) is 6.28. The van der Waals surface area contributed by atoms with Gasteiger partial charge >= 0.3 is 0 Å². The van der Waals surface area contributed by atoms with Gasteiger partial charge in [0.15, 0.2) is 17.5 Å². The molecule has 1 amide bonds. The van der Waals surface area contributed by atoms with Crippen LogP contribution in [0.5, 0.6) is 11.5 Å². The fourth-order valence-corrected chi connectivity index (χ4v) is 2.85. The zero-order valence-corrected chi connectivity index (χ0v) is 15.1. The number of nitrogens with zero attached hydrogens (tertiary/aromatic N) is 3. The number of benzene rings is 3. The van der Waals surface area contributed by atoms with E-state index in [1.54, 1.807) is 72.8 Å². The lowest BCUT2D eigenvalue weighted by molar-refractivity contribution is 0.100. The maximum atomic E-state index is 11.3. The third kappa shape index (κ3) is 3.61. The van der Waals surface area contributed by atoms with Crippen LogP contribution in [0.25, 0.3) is 34.2 Å². The number of aromatic nitrogens is 3. The van der Waals surface area contributed by atoms with E-state index in [4.69, 9.17) is 5.73 Å². The number of phenols is 2. The van der Waals surface area contributed by atoms with Crippen LogP contribution in [0, 0.1) is 0 Å². The molecule has 142 valence electrons. The van der Waals surface area contributed by atoms with Gasteiger partial charge in [-0.2, -0.15) is 0 Å². The Morgan fingerprint density at radius 1 is 0.655 bits per heavy atom. The molecule has 7 heteroatoms. The highest BCUT2D eigenvalue weighted by Crippen LogP contribution is 2.32. The third-order valence-corrected chi connectivity index (χ3v) is 4.35. The number of carbonyl (C=O) groups excluding carboxylic acids is 1. The minimum absolute atomic E-state index is 0.0250. The quantitative estimate of drug-likeness (QED) is 0.496. The lowest BCUT2D eigenvalue weighted by atomic mass is 10.1. The Morgan fingerprint density at radius 2 is 1.10 bits per heavy atom. The van der Waals surface area contributed by atoms with E-state index in [1.165, 1.54) is 0 Å². The van der Waals surface area contributed by atoms with Gasteiger partial charge < -0.3 is 15.9 Å². The Balaban J connectivity index is 1.92. The van der Waals surface area contributed by atoms with Gasteiger partial charge in [0.2, 0.25) is 5.91 Å². The van der Waals surface area contributed by atoms with Crippen molar-refractivity contribution in [2.75, 3.05) is 0 Å². The van der Waals surface area contributed by atoms with Crippen LogP contribution in [-0.4, -0.2) is 31.1 Å². The Kier molecular flexibility index (Phi) is 4.62. The monoisotopic (exact) mass is 384 g/mol. The van der Waals surface area contributed by atoms with Crippen molar-refractivity contribution in [3.63, 3.8) is 0 Å². The number of rotatable bonds is 4. The summed E-state index contributed by atoms with van der Waals surface area (Å²) < 4.78 is 0.